The van der Waals surface area contributed by atoms with E-state index in [0.717, 1.165) is 35.7 Å². The molecule has 6 nitrogen and oxygen atoms in total. The Kier molecular flexibility index (Phi) is 5.59. The van der Waals surface area contributed by atoms with Crippen molar-refractivity contribution in [3.8, 4) is 5.69 Å². The number of aromatic nitrogens is 3. The molecule has 0 bridgehead atoms. The number of fused-ring (bicyclic) bond motifs is 1. The Labute approximate surface area is 214 Å². The first-order chi connectivity index (χ1) is 17.7. The summed E-state index contributed by atoms with van der Waals surface area (Å²) in [6.07, 6.45) is 3.10. The van der Waals surface area contributed by atoms with Gasteiger partial charge in [0.25, 0.3) is 6.43 Å². The Morgan fingerprint density at radius 3 is 2.59 bits per heavy atom. The number of aryl methyl sites for hydroxylation is 1. The van der Waals surface area contributed by atoms with Crippen molar-refractivity contribution in [2.24, 2.45) is 5.41 Å². The van der Waals surface area contributed by atoms with E-state index in [1.54, 1.807) is 4.68 Å². The summed E-state index contributed by atoms with van der Waals surface area (Å²) in [6, 6.07) is 10.0. The summed E-state index contributed by atoms with van der Waals surface area (Å²) in [6.45, 7) is 3.32. The molecule has 0 radical (unpaired) electrons. The number of alkyl halides is 2. The third kappa shape index (κ3) is 3.99. The molecule has 3 heterocycles. The van der Waals surface area contributed by atoms with Crippen LogP contribution in [0.15, 0.2) is 48.7 Å². The topological polar surface area (TPSA) is 71.2 Å². The number of hydrogen-bond acceptors (Lipinski definition) is 5. The standard InChI is InChI=1S/C27H23F3N4O2S/c1-15-4-2-3-5-20(15)34-23(18(14-31-34)24(29)30)17-12-27(13-17)6-8-33(9-7-27)26-32-22-19(28)10-16(25(35)36)11-21(22)37-26/h2-5,10-12,14,24H,6-9,13H2,1H3,(H,35,36). The van der Waals surface area contributed by atoms with Crippen molar-refractivity contribution in [1.82, 2.24) is 14.8 Å². The van der Waals surface area contributed by atoms with Crippen LogP contribution in [0.3, 0.4) is 0 Å². The Morgan fingerprint density at radius 2 is 1.92 bits per heavy atom. The molecule has 0 atom stereocenters. The molecule has 0 saturated carbocycles. The average Bonchev–Trinajstić information content (AvgIpc) is 3.48. The number of thiazole rings is 1. The van der Waals surface area contributed by atoms with Gasteiger partial charge in [-0.1, -0.05) is 35.6 Å². The van der Waals surface area contributed by atoms with Gasteiger partial charge in [0.05, 0.1) is 33.4 Å². The second-order valence-electron chi connectivity index (χ2n) is 9.75. The van der Waals surface area contributed by atoms with E-state index in [9.17, 15) is 23.1 Å². The normalized spacial score (nSPS) is 16.9. The van der Waals surface area contributed by atoms with Crippen molar-refractivity contribution < 1.29 is 23.1 Å². The minimum Gasteiger partial charge on any atom is -0.478 e. The summed E-state index contributed by atoms with van der Waals surface area (Å²) in [4.78, 5) is 17.8. The largest absolute Gasteiger partial charge is 0.478 e. The second kappa shape index (κ2) is 8.72. The first-order valence-electron chi connectivity index (χ1n) is 12.0. The van der Waals surface area contributed by atoms with Crippen LogP contribution in [0.5, 0.6) is 0 Å². The first-order valence-corrected chi connectivity index (χ1v) is 12.8. The van der Waals surface area contributed by atoms with Gasteiger partial charge in [-0.2, -0.15) is 5.10 Å². The van der Waals surface area contributed by atoms with E-state index in [-0.39, 0.29) is 22.1 Å². The monoisotopic (exact) mass is 524 g/mol. The van der Waals surface area contributed by atoms with E-state index >= 15 is 0 Å². The lowest BCUT2D eigenvalue weighted by Gasteiger charge is -2.46. The van der Waals surface area contributed by atoms with Gasteiger partial charge in [0.1, 0.15) is 5.52 Å². The van der Waals surface area contributed by atoms with Crippen molar-refractivity contribution in [3.05, 3.63) is 76.9 Å². The number of carbonyl (C=O) groups is 1. The average molecular weight is 525 g/mol. The molecular weight excluding hydrogens is 501 g/mol. The maximum atomic E-state index is 14.4. The molecule has 37 heavy (non-hydrogen) atoms. The van der Waals surface area contributed by atoms with E-state index in [0.29, 0.717) is 35.0 Å². The van der Waals surface area contributed by atoms with E-state index in [2.05, 4.69) is 21.1 Å². The summed E-state index contributed by atoms with van der Waals surface area (Å²) in [7, 11) is 0. The number of nitrogens with zero attached hydrogens (tertiary/aromatic N) is 4. The number of carboxylic acid groups (broad SMARTS) is 1. The Bertz CT molecular complexity index is 1570. The van der Waals surface area contributed by atoms with E-state index in [4.69, 9.17) is 0 Å². The zero-order chi connectivity index (χ0) is 25.9. The predicted molar refractivity (Wildman–Crippen MR) is 136 cm³/mol. The molecule has 6 rings (SSSR count). The highest BCUT2D eigenvalue weighted by Crippen LogP contribution is 2.53. The Morgan fingerprint density at radius 1 is 1.19 bits per heavy atom. The first kappa shape index (κ1) is 23.7. The Hall–Kier alpha value is -3.66. The smallest absolute Gasteiger partial charge is 0.335 e. The number of hydrogen-bond donors (Lipinski definition) is 1. The van der Waals surface area contributed by atoms with Crippen LogP contribution in [0, 0.1) is 18.2 Å². The van der Waals surface area contributed by atoms with Gasteiger partial charge in [-0.3, -0.25) is 0 Å². The van der Waals surface area contributed by atoms with Crippen molar-refractivity contribution in [1.29, 1.82) is 0 Å². The summed E-state index contributed by atoms with van der Waals surface area (Å²) >= 11 is 1.28. The van der Waals surface area contributed by atoms with Gasteiger partial charge in [0.2, 0.25) is 0 Å². The molecular formula is C27H23F3N4O2S. The zero-order valence-corrected chi connectivity index (χ0v) is 20.7. The molecule has 1 aliphatic heterocycles. The van der Waals surface area contributed by atoms with Crippen LogP contribution < -0.4 is 4.90 Å². The molecule has 2 aromatic heterocycles. The van der Waals surface area contributed by atoms with Crippen molar-refractivity contribution in [3.63, 3.8) is 0 Å². The molecule has 1 aliphatic carbocycles. The van der Waals surface area contributed by atoms with Gasteiger partial charge in [0.15, 0.2) is 10.9 Å². The fraction of sp³-hybridized carbons (Fsp3) is 0.296. The molecule has 1 N–H and O–H groups in total. The van der Waals surface area contributed by atoms with Gasteiger partial charge < -0.3 is 10.0 Å². The van der Waals surface area contributed by atoms with E-state index in [1.165, 1.54) is 23.6 Å². The van der Waals surface area contributed by atoms with Crippen LogP contribution in [-0.4, -0.2) is 38.9 Å². The van der Waals surface area contributed by atoms with Gasteiger partial charge in [0, 0.05) is 13.1 Å². The molecule has 0 unspecified atom stereocenters. The lowest BCUT2D eigenvalue weighted by Crippen LogP contribution is -2.42. The highest BCUT2D eigenvalue weighted by atomic mass is 32.1. The SMILES string of the molecule is Cc1ccccc1-n1ncc(C(F)F)c1C1=CC2(CCN(c3nc4c(F)cc(C(=O)O)cc4s3)CC2)C1. The van der Waals surface area contributed by atoms with Crippen molar-refractivity contribution in [2.75, 3.05) is 18.0 Å². The lowest BCUT2D eigenvalue weighted by atomic mass is 9.64. The fourth-order valence-electron chi connectivity index (χ4n) is 5.40. The van der Waals surface area contributed by atoms with Crippen LogP contribution >= 0.6 is 11.3 Å². The van der Waals surface area contributed by atoms with Crippen LogP contribution in [0.2, 0.25) is 0 Å². The summed E-state index contributed by atoms with van der Waals surface area (Å²) in [5.74, 6) is -1.82. The second-order valence-corrected chi connectivity index (χ2v) is 10.8. The van der Waals surface area contributed by atoms with E-state index in [1.807, 2.05) is 31.2 Å². The number of halogens is 3. The number of piperidine rings is 1. The molecule has 2 aromatic carbocycles. The predicted octanol–water partition coefficient (Wildman–Crippen LogP) is 6.64. The fourth-order valence-corrected chi connectivity index (χ4v) is 6.47. The molecule has 1 saturated heterocycles. The molecule has 4 aromatic rings. The molecule has 0 amide bonds. The lowest BCUT2D eigenvalue weighted by molar-refractivity contribution is 0.0696. The molecule has 2 aliphatic rings. The van der Waals surface area contributed by atoms with Crippen LogP contribution in [0.4, 0.5) is 18.3 Å². The third-order valence-electron chi connectivity index (χ3n) is 7.42. The molecule has 190 valence electrons. The van der Waals surface area contributed by atoms with Crippen molar-refractivity contribution in [2.45, 2.75) is 32.6 Å². The van der Waals surface area contributed by atoms with E-state index < -0.39 is 18.2 Å². The number of anilines is 1. The number of benzene rings is 2. The van der Waals surface area contributed by atoms with Crippen LogP contribution in [0.1, 0.15) is 52.9 Å². The van der Waals surface area contributed by atoms with Crippen LogP contribution in [0.25, 0.3) is 21.5 Å². The quantitative estimate of drug-likeness (QED) is 0.317. The van der Waals surface area contributed by atoms with Crippen LogP contribution in [-0.2, 0) is 0 Å². The van der Waals surface area contributed by atoms with Gasteiger partial charge >= 0.3 is 5.97 Å². The molecule has 1 spiro atoms. The number of carboxylic acids is 1. The van der Waals surface area contributed by atoms with Gasteiger partial charge in [-0.25, -0.2) is 27.6 Å². The van der Waals surface area contributed by atoms with Crippen molar-refractivity contribution >= 4 is 38.2 Å². The zero-order valence-electron chi connectivity index (χ0n) is 19.9. The maximum absolute atomic E-state index is 14.4. The van der Waals surface area contributed by atoms with Gasteiger partial charge in [-0.05, 0) is 60.9 Å². The number of para-hydroxylation sites is 1. The summed E-state index contributed by atoms with van der Waals surface area (Å²) < 4.78 is 44.3. The molecule has 10 heteroatoms. The minimum atomic E-state index is -2.62. The Balaban J connectivity index is 1.24. The number of rotatable bonds is 5. The summed E-state index contributed by atoms with van der Waals surface area (Å²) in [5.41, 5.74) is 3.05. The highest BCUT2D eigenvalue weighted by molar-refractivity contribution is 7.22. The third-order valence-corrected chi connectivity index (χ3v) is 8.48. The number of aromatic carboxylic acids is 1. The highest BCUT2D eigenvalue weighted by Gasteiger charge is 2.42. The molecule has 1 fully saturated rings. The summed E-state index contributed by atoms with van der Waals surface area (Å²) in [5, 5.41) is 14.2. The maximum Gasteiger partial charge on any atom is 0.335 e. The minimum absolute atomic E-state index is 0.0565. The van der Waals surface area contributed by atoms with Gasteiger partial charge in [-0.15, -0.1) is 0 Å². The number of allylic oxidation sites excluding steroid dienone is 2.